The van der Waals surface area contributed by atoms with Gasteiger partial charge in [-0.2, -0.15) is 0 Å². The minimum absolute atomic E-state index is 0.0343. The number of hydrogen-bond acceptors (Lipinski definition) is 3. The Balaban J connectivity index is 2.01. The molecule has 0 spiro atoms. The van der Waals surface area contributed by atoms with E-state index in [9.17, 15) is 14.7 Å². The molecule has 5 nitrogen and oxygen atoms in total. The number of carboxylic acids is 1. The van der Waals surface area contributed by atoms with Gasteiger partial charge in [0.2, 0.25) is 0 Å². The van der Waals surface area contributed by atoms with Crippen LogP contribution in [-0.2, 0) is 9.53 Å². The van der Waals surface area contributed by atoms with Gasteiger partial charge in [-0.3, -0.25) is 9.59 Å². The van der Waals surface area contributed by atoms with Crippen LogP contribution in [0, 0.1) is 18.8 Å². The summed E-state index contributed by atoms with van der Waals surface area (Å²) >= 11 is 6.00. The minimum Gasteiger partial charge on any atom is -0.481 e. The van der Waals surface area contributed by atoms with E-state index in [4.69, 9.17) is 16.3 Å². The molecule has 0 aromatic heterocycles. The van der Waals surface area contributed by atoms with Gasteiger partial charge in [0.05, 0.1) is 5.92 Å². The Morgan fingerprint density at radius 1 is 1.41 bits per heavy atom. The summed E-state index contributed by atoms with van der Waals surface area (Å²) < 4.78 is 5.26. The lowest BCUT2D eigenvalue weighted by atomic mass is 9.86. The number of halogens is 1. The predicted octanol–water partition coefficient (Wildman–Crippen LogP) is 2.51. The fraction of sp³-hybridized carbons (Fsp3) is 0.500. The van der Waals surface area contributed by atoms with Crippen LogP contribution in [0.15, 0.2) is 18.2 Å². The van der Waals surface area contributed by atoms with E-state index in [2.05, 4.69) is 5.32 Å². The number of ether oxygens (including phenoxy) is 1. The maximum absolute atomic E-state index is 12.2. The van der Waals surface area contributed by atoms with E-state index in [0.29, 0.717) is 42.2 Å². The van der Waals surface area contributed by atoms with Gasteiger partial charge in [-0.25, -0.2) is 0 Å². The average molecular weight is 326 g/mol. The molecule has 1 aromatic carbocycles. The van der Waals surface area contributed by atoms with Gasteiger partial charge < -0.3 is 15.2 Å². The number of amides is 1. The van der Waals surface area contributed by atoms with Crippen molar-refractivity contribution in [3.63, 3.8) is 0 Å². The van der Waals surface area contributed by atoms with Gasteiger partial charge >= 0.3 is 5.97 Å². The van der Waals surface area contributed by atoms with E-state index in [1.807, 2.05) is 0 Å². The fourth-order valence-corrected chi connectivity index (χ4v) is 2.90. The molecule has 1 aliphatic heterocycles. The van der Waals surface area contributed by atoms with Crippen LogP contribution in [0.3, 0.4) is 0 Å². The van der Waals surface area contributed by atoms with Crippen LogP contribution in [-0.4, -0.2) is 36.7 Å². The minimum atomic E-state index is -0.880. The molecule has 6 heteroatoms. The number of rotatable bonds is 5. The molecule has 0 aliphatic carbocycles. The summed E-state index contributed by atoms with van der Waals surface area (Å²) in [6, 6.07) is 5.11. The Hall–Kier alpha value is -1.59. The average Bonchev–Trinajstić information content (AvgIpc) is 2.50. The predicted molar refractivity (Wildman–Crippen MR) is 83.2 cm³/mol. The Bertz CT molecular complexity index is 555. The Morgan fingerprint density at radius 3 is 2.73 bits per heavy atom. The highest BCUT2D eigenvalue weighted by Crippen LogP contribution is 2.24. The largest absolute Gasteiger partial charge is 0.481 e. The lowest BCUT2D eigenvalue weighted by Gasteiger charge is -2.27. The number of carbonyl (C=O) groups is 2. The molecule has 1 aromatic rings. The van der Waals surface area contributed by atoms with Gasteiger partial charge in [0, 0.05) is 30.3 Å². The first-order chi connectivity index (χ1) is 10.5. The summed E-state index contributed by atoms with van der Waals surface area (Å²) in [6.07, 6.45) is 1.42. The van der Waals surface area contributed by atoms with Crippen molar-refractivity contribution in [1.29, 1.82) is 0 Å². The zero-order valence-corrected chi connectivity index (χ0v) is 13.2. The molecule has 0 saturated carbocycles. The van der Waals surface area contributed by atoms with Crippen molar-refractivity contribution in [1.82, 2.24) is 5.32 Å². The SMILES string of the molecule is Cc1c(Cl)cccc1C(=O)NCC(C(=O)O)C1CCOCC1. The summed E-state index contributed by atoms with van der Waals surface area (Å²) in [6.45, 7) is 3.04. The van der Waals surface area contributed by atoms with Crippen LogP contribution >= 0.6 is 11.6 Å². The van der Waals surface area contributed by atoms with Crippen molar-refractivity contribution in [2.75, 3.05) is 19.8 Å². The molecule has 1 fully saturated rings. The molecule has 1 heterocycles. The quantitative estimate of drug-likeness (QED) is 0.872. The molecule has 2 rings (SSSR count). The highest BCUT2D eigenvalue weighted by molar-refractivity contribution is 6.31. The molecule has 0 radical (unpaired) electrons. The van der Waals surface area contributed by atoms with Crippen LogP contribution in [0.4, 0.5) is 0 Å². The molecular formula is C16H20ClNO4. The second-order valence-electron chi connectivity index (χ2n) is 5.52. The van der Waals surface area contributed by atoms with E-state index in [0.717, 1.165) is 0 Å². The third-order valence-corrected chi connectivity index (χ3v) is 4.56. The molecule has 2 N–H and O–H groups in total. The van der Waals surface area contributed by atoms with Crippen molar-refractivity contribution in [3.05, 3.63) is 34.3 Å². The first-order valence-electron chi connectivity index (χ1n) is 7.34. The number of carboxylic acid groups (broad SMARTS) is 1. The lowest BCUT2D eigenvalue weighted by Crippen LogP contribution is -2.39. The van der Waals surface area contributed by atoms with Gasteiger partial charge in [-0.1, -0.05) is 17.7 Å². The van der Waals surface area contributed by atoms with Crippen LogP contribution < -0.4 is 5.32 Å². The lowest BCUT2D eigenvalue weighted by molar-refractivity contribution is -0.144. The van der Waals surface area contributed by atoms with Crippen molar-refractivity contribution in [2.45, 2.75) is 19.8 Å². The second-order valence-corrected chi connectivity index (χ2v) is 5.92. The summed E-state index contributed by atoms with van der Waals surface area (Å²) in [7, 11) is 0. The molecule has 0 bridgehead atoms. The van der Waals surface area contributed by atoms with Crippen LogP contribution in [0.2, 0.25) is 5.02 Å². The van der Waals surface area contributed by atoms with Crippen LogP contribution in [0.25, 0.3) is 0 Å². The van der Waals surface area contributed by atoms with E-state index < -0.39 is 11.9 Å². The van der Waals surface area contributed by atoms with Crippen LogP contribution in [0.5, 0.6) is 0 Å². The van der Waals surface area contributed by atoms with Crippen molar-refractivity contribution >= 4 is 23.5 Å². The number of aliphatic carboxylic acids is 1. The standard InChI is InChI=1S/C16H20ClNO4/c1-10-12(3-2-4-14(10)17)15(19)18-9-13(16(20)21)11-5-7-22-8-6-11/h2-4,11,13H,5-9H2,1H3,(H,18,19)(H,20,21). The monoisotopic (exact) mass is 325 g/mol. The number of hydrogen-bond donors (Lipinski definition) is 2. The van der Waals surface area contributed by atoms with Gasteiger partial charge in [0.15, 0.2) is 0 Å². The summed E-state index contributed by atoms with van der Waals surface area (Å²) in [5.41, 5.74) is 1.17. The topological polar surface area (TPSA) is 75.6 Å². The maximum Gasteiger partial charge on any atom is 0.308 e. The first kappa shape index (κ1) is 16.8. The van der Waals surface area contributed by atoms with Crippen LogP contribution in [0.1, 0.15) is 28.8 Å². The normalized spacial score (nSPS) is 17.0. The molecule has 120 valence electrons. The van der Waals surface area contributed by atoms with E-state index >= 15 is 0 Å². The Labute approximate surface area is 134 Å². The number of nitrogens with one attached hydrogen (secondary N) is 1. The van der Waals surface area contributed by atoms with E-state index in [-0.39, 0.29) is 18.4 Å². The molecule has 1 atom stereocenters. The van der Waals surface area contributed by atoms with Gasteiger partial charge in [0.1, 0.15) is 0 Å². The molecule has 1 unspecified atom stereocenters. The molecule has 1 amide bonds. The highest BCUT2D eigenvalue weighted by Gasteiger charge is 2.30. The fourth-order valence-electron chi connectivity index (χ4n) is 2.73. The zero-order valence-electron chi connectivity index (χ0n) is 12.5. The maximum atomic E-state index is 12.2. The third-order valence-electron chi connectivity index (χ3n) is 4.15. The summed E-state index contributed by atoms with van der Waals surface area (Å²) in [5, 5.41) is 12.6. The van der Waals surface area contributed by atoms with Gasteiger partial charge in [-0.05, 0) is 43.4 Å². The Morgan fingerprint density at radius 2 is 2.09 bits per heavy atom. The van der Waals surface area contributed by atoms with Gasteiger partial charge in [0.25, 0.3) is 5.91 Å². The van der Waals surface area contributed by atoms with Crippen molar-refractivity contribution < 1.29 is 19.4 Å². The highest BCUT2D eigenvalue weighted by atomic mass is 35.5. The molecule has 22 heavy (non-hydrogen) atoms. The van der Waals surface area contributed by atoms with E-state index in [1.165, 1.54) is 0 Å². The molecular weight excluding hydrogens is 306 g/mol. The van der Waals surface area contributed by atoms with Gasteiger partial charge in [-0.15, -0.1) is 0 Å². The number of benzene rings is 1. The number of carbonyl (C=O) groups excluding carboxylic acids is 1. The second kappa shape index (κ2) is 7.61. The molecule has 1 saturated heterocycles. The van der Waals surface area contributed by atoms with Crippen molar-refractivity contribution in [3.8, 4) is 0 Å². The summed E-state index contributed by atoms with van der Waals surface area (Å²) in [5.74, 6) is -1.73. The zero-order chi connectivity index (χ0) is 16.1. The third kappa shape index (κ3) is 3.99. The molecule has 1 aliphatic rings. The first-order valence-corrected chi connectivity index (χ1v) is 7.72. The Kier molecular flexibility index (Phi) is 5.80. The van der Waals surface area contributed by atoms with E-state index in [1.54, 1.807) is 25.1 Å². The summed E-state index contributed by atoms with van der Waals surface area (Å²) in [4.78, 5) is 23.7. The van der Waals surface area contributed by atoms with Crippen molar-refractivity contribution in [2.24, 2.45) is 11.8 Å². The smallest absolute Gasteiger partial charge is 0.308 e.